The van der Waals surface area contributed by atoms with Crippen LogP contribution in [0.5, 0.6) is 0 Å². The Morgan fingerprint density at radius 3 is 2.46 bits per heavy atom. The smallest absolute Gasteiger partial charge is 0.352 e. The Morgan fingerprint density at radius 1 is 1.23 bits per heavy atom. The molecular formula is C16H16F3N3O3S. The van der Waals surface area contributed by atoms with E-state index in [1.54, 1.807) is 0 Å². The van der Waals surface area contributed by atoms with Gasteiger partial charge in [-0.25, -0.2) is 13.1 Å². The molecule has 1 atom stereocenters. The number of hydrogen-bond acceptors (Lipinski definition) is 4. The fourth-order valence-corrected chi connectivity index (χ4v) is 4.62. The van der Waals surface area contributed by atoms with E-state index in [0.717, 1.165) is 10.7 Å². The van der Waals surface area contributed by atoms with Crippen molar-refractivity contribution in [1.82, 2.24) is 15.1 Å². The van der Waals surface area contributed by atoms with Crippen molar-refractivity contribution >= 4 is 15.7 Å². The highest BCUT2D eigenvalue weighted by Crippen LogP contribution is 2.27. The Bertz CT molecular complexity index is 905. The molecule has 140 valence electrons. The molecule has 6 nitrogen and oxygen atoms in total. The summed E-state index contributed by atoms with van der Waals surface area (Å²) in [4.78, 5) is 12.1. The Labute approximate surface area is 147 Å². The van der Waals surface area contributed by atoms with E-state index in [0.29, 0.717) is 17.7 Å². The van der Waals surface area contributed by atoms with Crippen molar-refractivity contribution < 1.29 is 26.4 Å². The third-order valence-corrected chi connectivity index (χ3v) is 5.99. The Balaban J connectivity index is 1.62. The van der Waals surface area contributed by atoms with Crippen LogP contribution in [0.2, 0.25) is 0 Å². The minimum absolute atomic E-state index is 0.0764. The monoisotopic (exact) mass is 387 g/mol. The summed E-state index contributed by atoms with van der Waals surface area (Å²) in [5.41, 5.74) is -0.275. The number of carbonyl (C=O) groups is 1. The topological polar surface area (TPSA) is 81.1 Å². The maximum atomic E-state index is 12.6. The van der Waals surface area contributed by atoms with Gasteiger partial charge in [0.2, 0.25) is 0 Å². The summed E-state index contributed by atoms with van der Waals surface area (Å²) in [6.45, 7) is 0.272. The number of alkyl halides is 3. The van der Waals surface area contributed by atoms with E-state index >= 15 is 0 Å². The van der Waals surface area contributed by atoms with Crippen LogP contribution in [0.4, 0.5) is 13.2 Å². The minimum Gasteiger partial charge on any atom is -0.352 e. The molecule has 1 aliphatic rings. The summed E-state index contributed by atoms with van der Waals surface area (Å²) >= 11 is 0. The molecule has 0 bridgehead atoms. The first-order valence-electron chi connectivity index (χ1n) is 7.86. The highest BCUT2D eigenvalue weighted by Gasteiger charge is 2.33. The molecule has 26 heavy (non-hydrogen) atoms. The second kappa shape index (κ2) is 6.75. The molecule has 0 aliphatic carbocycles. The lowest BCUT2D eigenvalue weighted by atomic mass is 10.1. The van der Waals surface area contributed by atoms with Crippen LogP contribution < -0.4 is 5.32 Å². The first-order chi connectivity index (χ1) is 12.1. The molecule has 1 saturated heterocycles. The predicted molar refractivity (Wildman–Crippen MR) is 87.7 cm³/mol. The average Bonchev–Trinajstić information content (AvgIpc) is 3.19. The number of nitrogens with one attached hydrogen (secondary N) is 1. The van der Waals surface area contributed by atoms with Gasteiger partial charge in [0.1, 0.15) is 0 Å². The summed E-state index contributed by atoms with van der Waals surface area (Å²) in [5, 5.41) is 6.15. The highest BCUT2D eigenvalue weighted by molar-refractivity contribution is 7.91. The maximum absolute atomic E-state index is 12.6. The quantitative estimate of drug-likeness (QED) is 0.871. The van der Waals surface area contributed by atoms with Gasteiger partial charge < -0.3 is 5.32 Å². The SMILES string of the molecule is O=C(NCC1CCS(=O)(=O)C1)c1ccc(-n2ccc(C(F)(F)F)n2)cc1. The van der Waals surface area contributed by atoms with Gasteiger partial charge in [-0.15, -0.1) is 0 Å². The van der Waals surface area contributed by atoms with Crippen LogP contribution in [-0.2, 0) is 16.0 Å². The molecule has 1 fully saturated rings. The number of hydrogen-bond donors (Lipinski definition) is 1. The molecule has 1 amide bonds. The van der Waals surface area contributed by atoms with Gasteiger partial charge >= 0.3 is 6.18 Å². The molecule has 2 heterocycles. The van der Waals surface area contributed by atoms with E-state index in [1.807, 2.05) is 0 Å². The molecule has 0 saturated carbocycles. The van der Waals surface area contributed by atoms with Gasteiger partial charge in [-0.1, -0.05) is 0 Å². The van der Waals surface area contributed by atoms with Crippen molar-refractivity contribution in [3.8, 4) is 5.69 Å². The number of halogens is 3. The number of rotatable bonds is 4. The minimum atomic E-state index is -4.52. The number of benzene rings is 1. The van der Waals surface area contributed by atoms with Gasteiger partial charge in [-0.3, -0.25) is 4.79 Å². The molecule has 10 heteroatoms. The van der Waals surface area contributed by atoms with Crippen LogP contribution >= 0.6 is 0 Å². The van der Waals surface area contributed by atoms with Crippen LogP contribution in [0.15, 0.2) is 36.5 Å². The van der Waals surface area contributed by atoms with Crippen molar-refractivity contribution in [2.24, 2.45) is 5.92 Å². The molecule has 1 aliphatic heterocycles. The molecule has 3 rings (SSSR count). The van der Waals surface area contributed by atoms with Crippen LogP contribution in [0.25, 0.3) is 5.69 Å². The van der Waals surface area contributed by atoms with E-state index in [1.165, 1.54) is 30.5 Å². The number of sulfone groups is 1. The molecule has 1 aromatic carbocycles. The van der Waals surface area contributed by atoms with Crippen LogP contribution in [0.3, 0.4) is 0 Å². The summed E-state index contributed by atoms with van der Waals surface area (Å²) in [6.07, 6.45) is -2.79. The third kappa shape index (κ3) is 4.24. The molecule has 1 unspecified atom stereocenters. The fraction of sp³-hybridized carbons (Fsp3) is 0.375. The Morgan fingerprint density at radius 2 is 1.92 bits per heavy atom. The normalized spacial score (nSPS) is 19.4. The van der Waals surface area contributed by atoms with Crippen molar-refractivity contribution in [2.75, 3.05) is 18.1 Å². The molecular weight excluding hydrogens is 371 g/mol. The maximum Gasteiger partial charge on any atom is 0.435 e. The lowest BCUT2D eigenvalue weighted by molar-refractivity contribution is -0.141. The Hall–Kier alpha value is -2.36. The largest absolute Gasteiger partial charge is 0.435 e. The van der Waals surface area contributed by atoms with Crippen LogP contribution in [0.1, 0.15) is 22.5 Å². The summed E-state index contributed by atoms with van der Waals surface area (Å²) < 4.78 is 61.6. The molecule has 0 radical (unpaired) electrons. The zero-order valence-corrected chi connectivity index (χ0v) is 14.3. The third-order valence-electron chi connectivity index (χ3n) is 4.15. The first kappa shape index (κ1) is 18.4. The number of amides is 1. The number of carbonyl (C=O) groups excluding carboxylic acids is 1. The summed E-state index contributed by atoms with van der Waals surface area (Å²) in [6, 6.07) is 6.80. The molecule has 1 aromatic heterocycles. The van der Waals surface area contributed by atoms with Gasteiger partial charge in [-0.2, -0.15) is 18.3 Å². The van der Waals surface area contributed by atoms with Gasteiger partial charge in [-0.05, 0) is 42.7 Å². The highest BCUT2D eigenvalue weighted by atomic mass is 32.2. The number of nitrogens with zero attached hydrogens (tertiary/aromatic N) is 2. The fourth-order valence-electron chi connectivity index (χ4n) is 2.76. The molecule has 0 spiro atoms. The average molecular weight is 387 g/mol. The van der Waals surface area contributed by atoms with Crippen LogP contribution in [0, 0.1) is 5.92 Å². The van der Waals surface area contributed by atoms with E-state index in [-0.39, 0.29) is 29.9 Å². The van der Waals surface area contributed by atoms with E-state index in [4.69, 9.17) is 0 Å². The summed E-state index contributed by atoms with van der Waals surface area (Å²) in [7, 11) is -2.99. The van der Waals surface area contributed by atoms with E-state index < -0.39 is 21.7 Å². The van der Waals surface area contributed by atoms with Crippen molar-refractivity contribution in [3.63, 3.8) is 0 Å². The standard InChI is InChI=1S/C16H16F3N3O3S/c17-16(18,19)14-5-7-22(21-14)13-3-1-12(2-4-13)15(23)20-9-11-6-8-26(24,25)10-11/h1-5,7,11H,6,8-10H2,(H,20,23). The molecule has 2 aromatic rings. The van der Waals surface area contributed by atoms with Gasteiger partial charge in [0.05, 0.1) is 17.2 Å². The second-order valence-electron chi connectivity index (χ2n) is 6.17. The van der Waals surface area contributed by atoms with E-state index in [9.17, 15) is 26.4 Å². The number of aromatic nitrogens is 2. The van der Waals surface area contributed by atoms with Gasteiger partial charge in [0.15, 0.2) is 15.5 Å². The summed E-state index contributed by atoms with van der Waals surface area (Å²) in [5.74, 6) is -0.232. The Kier molecular flexibility index (Phi) is 4.78. The zero-order valence-electron chi connectivity index (χ0n) is 13.5. The van der Waals surface area contributed by atoms with E-state index in [2.05, 4.69) is 10.4 Å². The molecule has 1 N–H and O–H groups in total. The van der Waals surface area contributed by atoms with Crippen LogP contribution in [-0.4, -0.2) is 42.2 Å². The van der Waals surface area contributed by atoms with Crippen molar-refractivity contribution in [3.05, 3.63) is 47.8 Å². The van der Waals surface area contributed by atoms with Crippen molar-refractivity contribution in [1.29, 1.82) is 0 Å². The van der Waals surface area contributed by atoms with Gasteiger partial charge in [0, 0.05) is 18.3 Å². The van der Waals surface area contributed by atoms with Gasteiger partial charge in [0.25, 0.3) is 5.91 Å². The second-order valence-corrected chi connectivity index (χ2v) is 8.40. The van der Waals surface area contributed by atoms with Crippen molar-refractivity contribution in [2.45, 2.75) is 12.6 Å². The lowest BCUT2D eigenvalue weighted by Gasteiger charge is -2.10. The first-order valence-corrected chi connectivity index (χ1v) is 9.68. The lowest BCUT2D eigenvalue weighted by Crippen LogP contribution is -2.29. The predicted octanol–water partition coefficient (Wildman–Crippen LogP) is 2.06. The zero-order chi connectivity index (χ0) is 18.9.